The number of halogens is 1. The van der Waals surface area contributed by atoms with Crippen LogP contribution in [0.3, 0.4) is 0 Å². The Kier molecular flexibility index (Phi) is 5.79. The molecule has 1 aromatic heterocycles. The summed E-state index contributed by atoms with van der Waals surface area (Å²) in [4.78, 5) is 17.9. The molecular formula is C14H19BrN2O3. The van der Waals surface area contributed by atoms with Crippen LogP contribution in [0.4, 0.5) is 0 Å². The number of hydrogen-bond acceptors (Lipinski definition) is 4. The largest absolute Gasteiger partial charge is 0.482 e. The normalized spacial score (nSPS) is 18.9. The lowest BCUT2D eigenvalue weighted by Crippen LogP contribution is -2.45. The van der Waals surface area contributed by atoms with Crippen molar-refractivity contribution in [3.63, 3.8) is 0 Å². The van der Waals surface area contributed by atoms with E-state index >= 15 is 0 Å². The number of amides is 1. The number of rotatable bonds is 5. The molecule has 0 bridgehead atoms. The summed E-state index contributed by atoms with van der Waals surface area (Å²) in [5.74, 6) is 0.584. The molecule has 110 valence electrons. The topological polar surface area (TPSA) is 51.7 Å². The van der Waals surface area contributed by atoms with Gasteiger partial charge >= 0.3 is 0 Å². The van der Waals surface area contributed by atoms with E-state index in [0.717, 1.165) is 23.9 Å². The molecule has 1 saturated heterocycles. The van der Waals surface area contributed by atoms with Gasteiger partial charge in [-0.15, -0.1) is 0 Å². The number of aromatic nitrogens is 1. The van der Waals surface area contributed by atoms with Crippen molar-refractivity contribution in [1.82, 2.24) is 9.88 Å². The number of ether oxygens (including phenoxy) is 2. The molecule has 0 spiro atoms. The standard InChI is InChI=1S/C14H19BrN2O3/c1-2-19-12-4-3-5-17(9-12)14(18)10-20-13-6-11(15)7-16-8-13/h6-8,12H,2-5,9-10H2,1H3. The lowest BCUT2D eigenvalue weighted by Gasteiger charge is -2.32. The maximum absolute atomic E-state index is 12.1. The molecule has 1 atom stereocenters. The zero-order valence-electron chi connectivity index (χ0n) is 11.5. The minimum Gasteiger partial charge on any atom is -0.482 e. The average molecular weight is 343 g/mol. The van der Waals surface area contributed by atoms with Crippen LogP contribution < -0.4 is 4.74 Å². The summed E-state index contributed by atoms with van der Waals surface area (Å²) in [7, 11) is 0. The van der Waals surface area contributed by atoms with Gasteiger partial charge in [0.05, 0.1) is 12.3 Å². The summed E-state index contributed by atoms with van der Waals surface area (Å²) in [6.45, 7) is 4.14. The lowest BCUT2D eigenvalue weighted by molar-refractivity contribution is -0.137. The predicted molar refractivity (Wildman–Crippen MR) is 78.7 cm³/mol. The number of piperidine rings is 1. The molecule has 0 radical (unpaired) electrons. The third kappa shape index (κ3) is 4.45. The highest BCUT2D eigenvalue weighted by Crippen LogP contribution is 2.17. The fourth-order valence-electron chi connectivity index (χ4n) is 2.24. The van der Waals surface area contributed by atoms with Gasteiger partial charge in [0.15, 0.2) is 6.61 Å². The fraction of sp³-hybridized carbons (Fsp3) is 0.571. The number of carbonyl (C=O) groups excluding carboxylic acids is 1. The lowest BCUT2D eigenvalue weighted by atomic mass is 10.1. The summed E-state index contributed by atoms with van der Waals surface area (Å²) < 4.78 is 11.9. The van der Waals surface area contributed by atoms with E-state index in [-0.39, 0.29) is 18.6 Å². The van der Waals surface area contributed by atoms with Crippen LogP contribution in [0.2, 0.25) is 0 Å². The molecular weight excluding hydrogens is 324 g/mol. The first-order chi connectivity index (χ1) is 9.69. The van der Waals surface area contributed by atoms with Gasteiger partial charge in [0.1, 0.15) is 5.75 Å². The first-order valence-electron chi connectivity index (χ1n) is 6.81. The van der Waals surface area contributed by atoms with Crippen LogP contribution in [0.5, 0.6) is 5.75 Å². The van der Waals surface area contributed by atoms with Crippen molar-refractivity contribution in [3.05, 3.63) is 22.9 Å². The Morgan fingerprint density at radius 3 is 3.15 bits per heavy atom. The Balaban J connectivity index is 1.82. The van der Waals surface area contributed by atoms with E-state index < -0.39 is 0 Å². The minimum absolute atomic E-state index is 0.00521. The molecule has 1 aliphatic rings. The van der Waals surface area contributed by atoms with Gasteiger partial charge in [-0.1, -0.05) is 0 Å². The highest BCUT2D eigenvalue weighted by molar-refractivity contribution is 9.10. The van der Waals surface area contributed by atoms with Crippen LogP contribution >= 0.6 is 15.9 Å². The van der Waals surface area contributed by atoms with Crippen LogP contribution in [-0.2, 0) is 9.53 Å². The van der Waals surface area contributed by atoms with Crippen LogP contribution in [0, 0.1) is 0 Å². The van der Waals surface area contributed by atoms with Crippen molar-refractivity contribution in [2.24, 2.45) is 0 Å². The summed E-state index contributed by atoms with van der Waals surface area (Å²) in [6, 6.07) is 1.79. The molecule has 0 N–H and O–H groups in total. The smallest absolute Gasteiger partial charge is 0.260 e. The summed E-state index contributed by atoms with van der Waals surface area (Å²) >= 11 is 3.32. The molecule has 1 amide bonds. The Hall–Kier alpha value is -1.14. The van der Waals surface area contributed by atoms with Crippen LogP contribution in [0.25, 0.3) is 0 Å². The van der Waals surface area contributed by atoms with Gasteiger partial charge in [0.2, 0.25) is 0 Å². The third-order valence-electron chi connectivity index (χ3n) is 3.18. The van der Waals surface area contributed by atoms with Crippen molar-refractivity contribution >= 4 is 21.8 Å². The second kappa shape index (κ2) is 7.59. The fourth-order valence-corrected chi connectivity index (χ4v) is 2.59. The molecule has 0 saturated carbocycles. The van der Waals surface area contributed by atoms with Crippen LogP contribution in [0.15, 0.2) is 22.9 Å². The molecule has 1 aliphatic heterocycles. The molecule has 5 nitrogen and oxygen atoms in total. The summed E-state index contributed by atoms with van der Waals surface area (Å²) in [5, 5.41) is 0. The van der Waals surface area contributed by atoms with Crippen molar-refractivity contribution in [3.8, 4) is 5.75 Å². The first kappa shape index (κ1) is 15.3. The molecule has 2 heterocycles. The van der Waals surface area contributed by atoms with Gasteiger partial charge < -0.3 is 14.4 Å². The molecule has 0 aliphatic carbocycles. The van der Waals surface area contributed by atoms with E-state index in [2.05, 4.69) is 20.9 Å². The van der Waals surface area contributed by atoms with Crippen molar-refractivity contribution in [2.45, 2.75) is 25.9 Å². The van der Waals surface area contributed by atoms with Crippen LogP contribution in [-0.4, -0.2) is 48.2 Å². The van der Waals surface area contributed by atoms with E-state index in [1.807, 2.05) is 11.8 Å². The van der Waals surface area contributed by atoms with E-state index in [1.54, 1.807) is 18.5 Å². The molecule has 6 heteroatoms. The second-order valence-electron chi connectivity index (χ2n) is 4.69. The van der Waals surface area contributed by atoms with E-state index in [4.69, 9.17) is 9.47 Å². The Morgan fingerprint density at radius 1 is 1.55 bits per heavy atom. The quantitative estimate of drug-likeness (QED) is 0.823. The number of likely N-dealkylation sites (tertiary alicyclic amines) is 1. The molecule has 2 rings (SSSR count). The summed E-state index contributed by atoms with van der Waals surface area (Å²) in [6.07, 6.45) is 5.43. The van der Waals surface area contributed by atoms with Gasteiger partial charge in [0.25, 0.3) is 5.91 Å². The summed E-state index contributed by atoms with van der Waals surface area (Å²) in [5.41, 5.74) is 0. The van der Waals surface area contributed by atoms with Gasteiger partial charge in [-0.25, -0.2) is 0 Å². The maximum Gasteiger partial charge on any atom is 0.260 e. The highest BCUT2D eigenvalue weighted by Gasteiger charge is 2.24. The molecule has 20 heavy (non-hydrogen) atoms. The Labute approximate surface area is 127 Å². The van der Waals surface area contributed by atoms with E-state index in [9.17, 15) is 4.79 Å². The van der Waals surface area contributed by atoms with Gasteiger partial charge in [-0.3, -0.25) is 9.78 Å². The molecule has 1 unspecified atom stereocenters. The highest BCUT2D eigenvalue weighted by atomic mass is 79.9. The van der Waals surface area contributed by atoms with E-state index in [1.165, 1.54) is 0 Å². The molecule has 1 fully saturated rings. The number of carbonyl (C=O) groups is 1. The first-order valence-corrected chi connectivity index (χ1v) is 7.61. The van der Waals surface area contributed by atoms with Gasteiger partial charge in [-0.05, 0) is 41.8 Å². The number of hydrogen-bond donors (Lipinski definition) is 0. The van der Waals surface area contributed by atoms with Gasteiger partial charge in [-0.2, -0.15) is 0 Å². The van der Waals surface area contributed by atoms with E-state index in [0.29, 0.717) is 18.9 Å². The number of pyridine rings is 1. The predicted octanol–water partition coefficient (Wildman–Crippen LogP) is 2.25. The van der Waals surface area contributed by atoms with Gasteiger partial charge in [0, 0.05) is 30.4 Å². The van der Waals surface area contributed by atoms with Crippen molar-refractivity contribution in [1.29, 1.82) is 0 Å². The van der Waals surface area contributed by atoms with Crippen LogP contribution in [0.1, 0.15) is 19.8 Å². The van der Waals surface area contributed by atoms with Crippen molar-refractivity contribution < 1.29 is 14.3 Å². The monoisotopic (exact) mass is 342 g/mol. The zero-order chi connectivity index (χ0) is 14.4. The van der Waals surface area contributed by atoms with Crippen molar-refractivity contribution in [2.75, 3.05) is 26.3 Å². The minimum atomic E-state index is -0.00521. The SMILES string of the molecule is CCOC1CCCN(C(=O)COc2cncc(Br)c2)C1. The Bertz CT molecular complexity index is 454. The average Bonchev–Trinajstić information content (AvgIpc) is 2.45. The molecule has 1 aromatic rings. The zero-order valence-corrected chi connectivity index (χ0v) is 13.1. The second-order valence-corrected chi connectivity index (χ2v) is 5.60. The third-order valence-corrected chi connectivity index (χ3v) is 3.61. The Morgan fingerprint density at radius 2 is 2.40 bits per heavy atom. The maximum atomic E-state index is 12.1. The molecule has 0 aromatic carbocycles. The number of nitrogens with zero attached hydrogens (tertiary/aromatic N) is 2.